The molecule has 0 radical (unpaired) electrons. The Bertz CT molecular complexity index is 896. The Morgan fingerprint density at radius 2 is 2.09 bits per heavy atom. The van der Waals surface area contributed by atoms with Crippen LogP contribution in [0.2, 0.25) is 0 Å². The van der Waals surface area contributed by atoms with Crippen molar-refractivity contribution in [3.05, 3.63) is 30.0 Å². The number of aromatic nitrogens is 1. The topological polar surface area (TPSA) is 80.8 Å². The third-order valence-corrected chi connectivity index (χ3v) is 7.23. The van der Waals surface area contributed by atoms with Gasteiger partial charge in [0.15, 0.2) is 5.82 Å². The van der Waals surface area contributed by atoms with Gasteiger partial charge in [-0.05, 0) is 38.3 Å². The molecular weight excluding hydrogens is 413 g/mol. The number of allylic oxidation sites excluding steroid dienone is 1. The fourth-order valence-electron chi connectivity index (χ4n) is 5.61. The van der Waals surface area contributed by atoms with Gasteiger partial charge in [0, 0.05) is 57.6 Å². The van der Waals surface area contributed by atoms with Gasteiger partial charge >= 0.3 is 6.09 Å². The molecule has 1 aliphatic carbocycles. The molecule has 10 heteroatoms. The summed E-state index contributed by atoms with van der Waals surface area (Å²) in [6.45, 7) is 9.47. The Hall–Kier alpha value is -2.43. The highest BCUT2D eigenvalue weighted by atomic mass is 19.1. The number of hydrazine groups is 1. The molecule has 4 aliphatic rings. The van der Waals surface area contributed by atoms with E-state index in [-0.39, 0.29) is 11.5 Å². The first-order valence-electron chi connectivity index (χ1n) is 11.6. The van der Waals surface area contributed by atoms with Gasteiger partial charge in [-0.15, -0.1) is 0 Å². The van der Waals surface area contributed by atoms with Gasteiger partial charge in [-0.1, -0.05) is 5.53 Å². The minimum absolute atomic E-state index is 0.177. The summed E-state index contributed by atoms with van der Waals surface area (Å²) in [4.78, 5) is 22.8. The number of nitrogens with one attached hydrogen (secondary N) is 1. The second kappa shape index (κ2) is 8.49. The van der Waals surface area contributed by atoms with E-state index in [0.717, 1.165) is 57.1 Å². The van der Waals surface area contributed by atoms with Crippen LogP contribution in [0.4, 0.5) is 20.7 Å². The maximum Gasteiger partial charge on any atom is 0.409 e. The number of halogens is 1. The van der Waals surface area contributed by atoms with Gasteiger partial charge in [-0.3, -0.25) is 4.90 Å². The lowest BCUT2D eigenvalue weighted by Gasteiger charge is -2.48. The smallest absolute Gasteiger partial charge is 0.409 e. The fourth-order valence-corrected chi connectivity index (χ4v) is 5.61. The number of carbonyl (C=O) groups excluding carboxylic acids is 1. The molecule has 1 aromatic rings. The van der Waals surface area contributed by atoms with Crippen LogP contribution in [0.25, 0.3) is 0 Å². The van der Waals surface area contributed by atoms with Crippen molar-refractivity contribution in [1.82, 2.24) is 20.3 Å². The Balaban J connectivity index is 1.18. The molecule has 1 amide bonds. The van der Waals surface area contributed by atoms with E-state index in [9.17, 15) is 9.18 Å². The molecule has 3 fully saturated rings. The molecule has 0 unspecified atom stereocenters. The lowest BCUT2D eigenvalue weighted by atomic mass is 9.78. The van der Waals surface area contributed by atoms with Crippen LogP contribution in [0, 0.1) is 11.4 Å². The number of hydrogen-bond donors (Lipinski definition) is 2. The minimum atomic E-state index is -0.455. The second-order valence-electron chi connectivity index (χ2n) is 9.47. The van der Waals surface area contributed by atoms with Crippen LogP contribution in [0.5, 0.6) is 0 Å². The zero-order chi connectivity index (χ0) is 22.3. The van der Waals surface area contributed by atoms with E-state index >= 15 is 0 Å². The summed E-state index contributed by atoms with van der Waals surface area (Å²) < 4.78 is 19.1. The predicted molar refractivity (Wildman–Crippen MR) is 118 cm³/mol. The molecule has 1 saturated carbocycles. The number of carbonyl (C=O) groups is 1. The second-order valence-corrected chi connectivity index (χ2v) is 9.47. The maximum absolute atomic E-state index is 14.0. The average Bonchev–Trinajstić information content (AvgIpc) is 3.40. The summed E-state index contributed by atoms with van der Waals surface area (Å²) in [7, 11) is 0. The van der Waals surface area contributed by atoms with Crippen molar-refractivity contribution in [2.24, 2.45) is 5.41 Å². The van der Waals surface area contributed by atoms with Crippen molar-refractivity contribution in [2.75, 3.05) is 55.8 Å². The van der Waals surface area contributed by atoms with Gasteiger partial charge in [0.1, 0.15) is 11.4 Å². The molecule has 3 N–H and O–H groups in total. The number of likely N-dealkylation sites (tertiary alicyclic amines) is 1. The van der Waals surface area contributed by atoms with Crippen LogP contribution in [0.3, 0.4) is 0 Å². The first-order valence-corrected chi connectivity index (χ1v) is 11.6. The van der Waals surface area contributed by atoms with Gasteiger partial charge < -0.3 is 14.5 Å². The largest absolute Gasteiger partial charge is 0.450 e. The molecule has 1 spiro atoms. The molecule has 9 nitrogen and oxygen atoms in total. The van der Waals surface area contributed by atoms with Crippen molar-refractivity contribution in [3.8, 4) is 0 Å². The normalized spacial score (nSPS) is 25.3. The van der Waals surface area contributed by atoms with Crippen LogP contribution in [-0.4, -0.2) is 72.8 Å². The van der Waals surface area contributed by atoms with Crippen LogP contribution in [0.1, 0.15) is 33.1 Å². The van der Waals surface area contributed by atoms with Crippen LogP contribution in [-0.2, 0) is 4.74 Å². The number of nitrogens with two attached hydrogens (primary N) is 1. The lowest BCUT2D eigenvalue weighted by molar-refractivity contribution is -0.657. The molecular formula is C22H33FN7O2+. The molecule has 3 aliphatic heterocycles. The number of amides is 1. The van der Waals surface area contributed by atoms with E-state index in [4.69, 9.17) is 4.74 Å². The first kappa shape index (κ1) is 21.4. The zero-order valence-corrected chi connectivity index (χ0v) is 18.9. The number of pyridine rings is 1. The minimum Gasteiger partial charge on any atom is -0.450 e. The monoisotopic (exact) mass is 446 g/mol. The van der Waals surface area contributed by atoms with Gasteiger partial charge in [0.05, 0.1) is 12.8 Å². The molecule has 1 atom stereocenters. The SMILES string of the molecule is CCOC(=O)N1CC2(CC[C@@H](N3CCN(c4nc(F)ccc4N4C=C(C)[NH2+]N4)CC3)C2)C1. The summed E-state index contributed by atoms with van der Waals surface area (Å²) in [5.41, 5.74) is 7.36. The molecule has 2 saturated heterocycles. The third kappa shape index (κ3) is 4.02. The molecule has 32 heavy (non-hydrogen) atoms. The van der Waals surface area contributed by atoms with Crippen LogP contribution in [0.15, 0.2) is 24.0 Å². The summed E-state index contributed by atoms with van der Waals surface area (Å²) in [6, 6.07) is 3.75. The highest BCUT2D eigenvalue weighted by Gasteiger charge is 2.51. The summed E-state index contributed by atoms with van der Waals surface area (Å²) in [5, 5.41) is 1.90. The quantitative estimate of drug-likeness (QED) is 0.528. The van der Waals surface area contributed by atoms with E-state index in [1.807, 2.05) is 35.4 Å². The van der Waals surface area contributed by atoms with E-state index in [1.165, 1.54) is 18.9 Å². The van der Waals surface area contributed by atoms with E-state index < -0.39 is 5.95 Å². The number of anilines is 2. The van der Waals surface area contributed by atoms with Crippen molar-refractivity contribution in [3.63, 3.8) is 0 Å². The molecule has 5 rings (SSSR count). The van der Waals surface area contributed by atoms with Gasteiger partial charge in [-0.25, -0.2) is 20.2 Å². The molecule has 174 valence electrons. The van der Waals surface area contributed by atoms with Crippen molar-refractivity contribution in [2.45, 2.75) is 39.2 Å². The Kier molecular flexibility index (Phi) is 5.68. The highest BCUT2D eigenvalue weighted by Crippen LogP contribution is 2.47. The Labute approximate surface area is 188 Å². The van der Waals surface area contributed by atoms with Gasteiger partial charge in [0.25, 0.3) is 0 Å². The Morgan fingerprint density at radius 3 is 2.78 bits per heavy atom. The molecule has 0 bridgehead atoms. The van der Waals surface area contributed by atoms with Crippen molar-refractivity contribution < 1.29 is 19.3 Å². The number of nitrogens with zero attached hydrogens (tertiary/aromatic N) is 5. The van der Waals surface area contributed by atoms with E-state index in [1.54, 1.807) is 6.07 Å². The van der Waals surface area contributed by atoms with Gasteiger partial charge in [-0.2, -0.15) is 4.39 Å². The number of quaternary nitrogens is 1. The number of rotatable bonds is 4. The van der Waals surface area contributed by atoms with Crippen molar-refractivity contribution in [1.29, 1.82) is 0 Å². The average molecular weight is 447 g/mol. The van der Waals surface area contributed by atoms with E-state index in [0.29, 0.717) is 18.5 Å². The summed E-state index contributed by atoms with van der Waals surface area (Å²) >= 11 is 0. The van der Waals surface area contributed by atoms with Crippen molar-refractivity contribution >= 4 is 17.6 Å². The fraction of sp³-hybridized carbons (Fsp3) is 0.636. The van der Waals surface area contributed by atoms with Gasteiger partial charge in [0.2, 0.25) is 5.95 Å². The summed E-state index contributed by atoms with van der Waals surface area (Å²) in [6.07, 6.45) is 5.31. The Morgan fingerprint density at radius 1 is 1.31 bits per heavy atom. The number of ether oxygens (including phenoxy) is 1. The highest BCUT2D eigenvalue weighted by molar-refractivity contribution is 5.69. The maximum atomic E-state index is 14.0. The van der Waals surface area contributed by atoms with E-state index in [2.05, 4.69) is 20.3 Å². The standard InChI is InChI=1S/C22H32FN7O2/c1-3-32-21(31)29-14-22(15-29)7-6-17(12-22)27-8-10-28(11-9-27)20-18(4-5-19(23)24-20)30-13-16(2)25-26-30/h4-5,13,17,25-26H,3,6-12,14-15H2,1-2H3/p+1/t17-/m1/s1. The molecule has 0 aromatic carbocycles. The third-order valence-electron chi connectivity index (χ3n) is 7.23. The van der Waals surface area contributed by atoms with Crippen LogP contribution >= 0.6 is 0 Å². The van der Waals surface area contributed by atoms with Crippen LogP contribution < -0.4 is 20.9 Å². The number of piperazine rings is 1. The first-order chi connectivity index (χ1) is 15.5. The molecule has 1 aromatic heterocycles. The predicted octanol–water partition coefficient (Wildman–Crippen LogP) is 1.02. The zero-order valence-electron chi connectivity index (χ0n) is 18.9. The summed E-state index contributed by atoms with van der Waals surface area (Å²) in [5.74, 6) is 0.229. The molecule has 4 heterocycles. The number of hydrogen-bond acceptors (Lipinski definition) is 7. The lowest BCUT2D eigenvalue weighted by Crippen LogP contribution is -2.90.